The molecule has 0 aliphatic carbocycles. The van der Waals surface area contributed by atoms with Crippen molar-refractivity contribution in [3.05, 3.63) is 10.4 Å². The molecular formula is C5H4ClNO2S2. The zero-order chi connectivity index (χ0) is 8.48. The van der Waals surface area contributed by atoms with E-state index in [9.17, 15) is 8.42 Å². The van der Waals surface area contributed by atoms with Gasteiger partial charge in [-0.25, -0.2) is 8.42 Å². The Bertz CT molecular complexity index is 327. The summed E-state index contributed by atoms with van der Waals surface area (Å²) in [6.07, 6.45) is 0. The van der Waals surface area contributed by atoms with Crippen molar-refractivity contribution >= 4 is 33.2 Å². The smallest absolute Gasteiger partial charge is 0.174 e. The minimum Gasteiger partial charge on any atom is -0.224 e. The van der Waals surface area contributed by atoms with E-state index in [4.69, 9.17) is 16.9 Å². The van der Waals surface area contributed by atoms with Gasteiger partial charge < -0.3 is 0 Å². The summed E-state index contributed by atoms with van der Waals surface area (Å²) in [5, 5.41) is 10.9. The molecule has 60 valence electrons. The molecule has 0 amide bonds. The van der Waals surface area contributed by atoms with Crippen LogP contribution in [0.4, 0.5) is 0 Å². The van der Waals surface area contributed by atoms with E-state index in [0.717, 1.165) is 17.2 Å². The molecule has 1 atom stereocenters. The molecular weight excluding hydrogens is 206 g/mol. The first-order chi connectivity index (χ1) is 5.05. The molecule has 1 heterocycles. The lowest BCUT2D eigenvalue weighted by Crippen LogP contribution is -2.07. The van der Waals surface area contributed by atoms with Gasteiger partial charge in [-0.1, -0.05) is 11.6 Å². The summed E-state index contributed by atoms with van der Waals surface area (Å²) in [7, 11) is -3.13. The zero-order valence-electron chi connectivity index (χ0n) is 5.32. The molecule has 0 saturated carbocycles. The number of hydrogen-bond donors (Lipinski definition) is 0. The largest absolute Gasteiger partial charge is 0.224 e. The number of thioether (sulfide) groups is 1. The van der Waals surface area contributed by atoms with Gasteiger partial charge in [0.25, 0.3) is 0 Å². The molecule has 6 heteroatoms. The molecule has 0 unspecified atom stereocenters. The molecule has 0 aromatic rings. The standard InChI is InChI=1S/C5H4ClNO2S2/c6-4-1-11(8,9)2-5(4)10-3-7/h1,5H,2H2/t5-/m1/s1. The number of hydrogen-bond acceptors (Lipinski definition) is 4. The molecule has 0 saturated heterocycles. The Morgan fingerprint density at radius 1 is 1.82 bits per heavy atom. The summed E-state index contributed by atoms with van der Waals surface area (Å²) in [6, 6.07) is 0. The Morgan fingerprint density at radius 3 is 2.82 bits per heavy atom. The van der Waals surface area contributed by atoms with Crippen LogP contribution >= 0.6 is 23.4 Å². The van der Waals surface area contributed by atoms with Crippen molar-refractivity contribution in [1.29, 1.82) is 5.26 Å². The molecule has 0 bridgehead atoms. The van der Waals surface area contributed by atoms with Crippen LogP contribution in [0.25, 0.3) is 0 Å². The third-order valence-electron chi connectivity index (χ3n) is 1.18. The lowest BCUT2D eigenvalue weighted by Gasteiger charge is -1.99. The third-order valence-corrected chi connectivity index (χ3v) is 4.24. The average Bonchev–Trinajstić information content (AvgIpc) is 2.07. The molecule has 1 aliphatic heterocycles. The van der Waals surface area contributed by atoms with Crippen molar-refractivity contribution < 1.29 is 8.42 Å². The fraction of sp³-hybridized carbons (Fsp3) is 0.400. The van der Waals surface area contributed by atoms with E-state index in [1.807, 2.05) is 0 Å². The first-order valence-electron chi connectivity index (χ1n) is 2.70. The SMILES string of the molecule is N#CS[C@@H]1CS(=O)(=O)C=C1Cl. The van der Waals surface area contributed by atoms with Gasteiger partial charge in [0.2, 0.25) is 0 Å². The van der Waals surface area contributed by atoms with Crippen LogP contribution in [-0.4, -0.2) is 19.4 Å². The first-order valence-corrected chi connectivity index (χ1v) is 5.67. The van der Waals surface area contributed by atoms with Crippen molar-refractivity contribution in [2.45, 2.75) is 5.25 Å². The summed E-state index contributed by atoms with van der Waals surface area (Å²) in [5.41, 5.74) is 0. The highest BCUT2D eigenvalue weighted by Gasteiger charge is 2.28. The Labute approximate surface area is 73.9 Å². The Kier molecular flexibility index (Phi) is 2.47. The number of sulfone groups is 1. The highest BCUT2D eigenvalue weighted by atomic mass is 35.5. The normalized spacial score (nSPS) is 27.6. The van der Waals surface area contributed by atoms with Gasteiger partial charge in [0.05, 0.1) is 11.0 Å². The molecule has 1 rings (SSSR count). The van der Waals surface area contributed by atoms with E-state index in [0.29, 0.717) is 0 Å². The second-order valence-corrected chi connectivity index (χ2v) is 5.35. The summed E-state index contributed by atoms with van der Waals surface area (Å²) in [4.78, 5) is 0. The van der Waals surface area contributed by atoms with Crippen LogP contribution in [0.15, 0.2) is 10.4 Å². The zero-order valence-corrected chi connectivity index (χ0v) is 7.71. The number of thiocyanates is 1. The average molecular weight is 210 g/mol. The van der Waals surface area contributed by atoms with Gasteiger partial charge in [-0.15, -0.1) is 0 Å². The minimum atomic E-state index is -3.13. The second kappa shape index (κ2) is 3.05. The van der Waals surface area contributed by atoms with E-state index in [2.05, 4.69) is 0 Å². The molecule has 0 spiro atoms. The molecule has 11 heavy (non-hydrogen) atoms. The maximum atomic E-state index is 10.8. The minimum absolute atomic E-state index is 0.0515. The van der Waals surface area contributed by atoms with Crippen LogP contribution < -0.4 is 0 Å². The maximum Gasteiger partial charge on any atom is 0.174 e. The summed E-state index contributed by atoms with van der Waals surface area (Å²) in [5.74, 6) is -0.0515. The van der Waals surface area contributed by atoms with Crippen molar-refractivity contribution in [1.82, 2.24) is 0 Å². The van der Waals surface area contributed by atoms with Crippen molar-refractivity contribution in [3.8, 4) is 5.40 Å². The molecule has 0 fully saturated rings. The maximum absolute atomic E-state index is 10.8. The quantitative estimate of drug-likeness (QED) is 0.607. The van der Waals surface area contributed by atoms with Crippen LogP contribution in [0.5, 0.6) is 0 Å². The molecule has 0 radical (unpaired) electrons. The van der Waals surface area contributed by atoms with Gasteiger partial charge in [-0.05, 0) is 11.8 Å². The molecule has 0 aromatic carbocycles. The van der Waals surface area contributed by atoms with E-state index < -0.39 is 9.84 Å². The molecule has 3 nitrogen and oxygen atoms in total. The number of rotatable bonds is 1. The van der Waals surface area contributed by atoms with Gasteiger partial charge in [-0.2, -0.15) is 5.26 Å². The van der Waals surface area contributed by atoms with Crippen LogP contribution in [0, 0.1) is 10.7 Å². The number of halogens is 1. The van der Waals surface area contributed by atoms with Crippen molar-refractivity contribution in [2.75, 3.05) is 5.75 Å². The van der Waals surface area contributed by atoms with Gasteiger partial charge in [-0.3, -0.25) is 0 Å². The first kappa shape index (κ1) is 8.91. The van der Waals surface area contributed by atoms with E-state index >= 15 is 0 Å². The fourth-order valence-electron chi connectivity index (χ4n) is 0.740. The monoisotopic (exact) mass is 209 g/mol. The van der Waals surface area contributed by atoms with Crippen LogP contribution in [0.2, 0.25) is 0 Å². The van der Waals surface area contributed by atoms with E-state index in [1.165, 1.54) is 0 Å². The van der Waals surface area contributed by atoms with Crippen LogP contribution in [0.1, 0.15) is 0 Å². The van der Waals surface area contributed by atoms with Crippen molar-refractivity contribution in [2.24, 2.45) is 0 Å². The van der Waals surface area contributed by atoms with Gasteiger partial charge in [0.1, 0.15) is 5.40 Å². The van der Waals surface area contributed by atoms with E-state index in [-0.39, 0.29) is 16.0 Å². The lowest BCUT2D eigenvalue weighted by atomic mass is 10.5. The van der Waals surface area contributed by atoms with Crippen LogP contribution in [0.3, 0.4) is 0 Å². The predicted molar refractivity (Wildman–Crippen MR) is 44.7 cm³/mol. The molecule has 0 aromatic heterocycles. The lowest BCUT2D eigenvalue weighted by molar-refractivity contribution is 0.606. The fourth-order valence-corrected chi connectivity index (χ4v) is 3.89. The van der Waals surface area contributed by atoms with E-state index in [1.54, 1.807) is 5.40 Å². The topological polar surface area (TPSA) is 57.9 Å². The number of nitrogens with zero attached hydrogens (tertiary/aromatic N) is 1. The highest BCUT2D eigenvalue weighted by Crippen LogP contribution is 2.29. The Balaban J connectivity index is 2.83. The molecule has 1 aliphatic rings. The van der Waals surface area contributed by atoms with Crippen molar-refractivity contribution in [3.63, 3.8) is 0 Å². The van der Waals surface area contributed by atoms with Gasteiger partial charge >= 0.3 is 0 Å². The number of nitriles is 1. The van der Waals surface area contributed by atoms with Gasteiger partial charge in [0.15, 0.2) is 9.84 Å². The van der Waals surface area contributed by atoms with Gasteiger partial charge in [0, 0.05) is 10.4 Å². The Hall–Kier alpha value is -0.180. The third kappa shape index (κ3) is 2.12. The summed E-state index contributed by atoms with van der Waals surface area (Å²) >= 11 is 6.43. The molecule has 0 N–H and O–H groups in total. The second-order valence-electron chi connectivity index (χ2n) is 2.03. The summed E-state index contributed by atoms with van der Waals surface area (Å²) in [6.45, 7) is 0. The Morgan fingerprint density at radius 2 is 2.45 bits per heavy atom. The summed E-state index contributed by atoms with van der Waals surface area (Å²) < 4.78 is 21.7. The highest BCUT2D eigenvalue weighted by molar-refractivity contribution is 8.06. The van der Waals surface area contributed by atoms with Crippen LogP contribution in [-0.2, 0) is 9.84 Å². The predicted octanol–water partition coefficient (Wildman–Crippen LogP) is 1.08.